The van der Waals surface area contributed by atoms with E-state index < -0.39 is 0 Å². The molecule has 0 radical (unpaired) electrons. The molecule has 4 aliphatic carbocycles. The lowest BCUT2D eigenvalue weighted by molar-refractivity contribution is 0.648. The van der Waals surface area contributed by atoms with Gasteiger partial charge in [-0.05, 0) is 83.3 Å². The van der Waals surface area contributed by atoms with Crippen molar-refractivity contribution >= 4 is 27.8 Å². The van der Waals surface area contributed by atoms with Crippen molar-refractivity contribution in [2.45, 2.75) is 18.9 Å². The van der Waals surface area contributed by atoms with Crippen molar-refractivity contribution in [2.75, 3.05) is 9.80 Å². The van der Waals surface area contributed by atoms with Gasteiger partial charge in [-0.15, -0.1) is 0 Å². The fourth-order valence-corrected chi connectivity index (χ4v) is 7.03. The first kappa shape index (κ1) is 28.8. The molecule has 4 aliphatic rings. The Morgan fingerprint density at radius 3 is 1.91 bits per heavy atom. The van der Waals surface area contributed by atoms with Crippen LogP contribution in [0.15, 0.2) is 200 Å². The van der Waals surface area contributed by atoms with Crippen molar-refractivity contribution < 1.29 is 0 Å². The molecule has 0 saturated heterocycles. The highest BCUT2D eigenvalue weighted by atomic mass is 15.2. The third kappa shape index (κ3) is 6.03. The van der Waals surface area contributed by atoms with Crippen molar-refractivity contribution in [1.29, 1.82) is 0 Å². The van der Waals surface area contributed by atoms with Gasteiger partial charge < -0.3 is 9.80 Å². The van der Waals surface area contributed by atoms with Crippen LogP contribution in [0.25, 0.3) is 21.9 Å². The van der Waals surface area contributed by atoms with Crippen molar-refractivity contribution in [2.24, 2.45) is 11.8 Å². The van der Waals surface area contributed by atoms with Gasteiger partial charge in [-0.2, -0.15) is 0 Å². The summed E-state index contributed by atoms with van der Waals surface area (Å²) in [5.41, 5.74) is 8.50. The number of nitrogens with zero attached hydrogens (tertiary/aromatic N) is 2. The first-order valence-corrected chi connectivity index (χ1v) is 16.7. The third-order valence-corrected chi connectivity index (χ3v) is 9.48. The summed E-state index contributed by atoms with van der Waals surface area (Å²) >= 11 is 0. The van der Waals surface area contributed by atoms with Gasteiger partial charge in [-0.1, -0.05) is 140 Å². The summed E-state index contributed by atoms with van der Waals surface area (Å²) in [7, 11) is 0. The second-order valence-corrected chi connectivity index (χ2v) is 12.5. The molecule has 0 amide bonds. The molecule has 2 atom stereocenters. The maximum Gasteiger partial charge on any atom is 0.0712 e. The number of allylic oxidation sites excluding steroid dienone is 15. The van der Waals surface area contributed by atoms with Crippen LogP contribution in [0.2, 0.25) is 0 Å². The second-order valence-electron chi connectivity index (χ2n) is 12.5. The summed E-state index contributed by atoms with van der Waals surface area (Å²) in [6.07, 6.45) is 37.7. The number of rotatable bonds is 7. The molecule has 4 aromatic carbocycles. The number of fused-ring (bicyclic) bond motifs is 2. The molecule has 0 aromatic heterocycles. The minimum atomic E-state index is 0.121. The molecule has 8 rings (SSSR count). The van der Waals surface area contributed by atoms with E-state index >= 15 is 0 Å². The predicted octanol–water partition coefficient (Wildman–Crippen LogP) is 11.5. The lowest BCUT2D eigenvalue weighted by atomic mass is 9.84. The van der Waals surface area contributed by atoms with E-state index in [1.165, 1.54) is 50.4 Å². The van der Waals surface area contributed by atoms with Gasteiger partial charge in [0.1, 0.15) is 0 Å². The Labute approximate surface area is 278 Å². The largest absolute Gasteiger partial charge is 0.331 e. The van der Waals surface area contributed by atoms with Gasteiger partial charge in [0.05, 0.1) is 6.04 Å². The molecule has 0 spiro atoms. The van der Waals surface area contributed by atoms with E-state index in [9.17, 15) is 0 Å². The van der Waals surface area contributed by atoms with E-state index in [1.807, 2.05) is 0 Å². The summed E-state index contributed by atoms with van der Waals surface area (Å²) in [5, 5.41) is 2.52. The van der Waals surface area contributed by atoms with Gasteiger partial charge in [-0.3, -0.25) is 0 Å². The fraction of sp³-hybridized carbons (Fsp3) is 0.111. The molecule has 2 unspecified atom stereocenters. The Kier molecular flexibility index (Phi) is 7.99. The average molecular weight is 607 g/mol. The second kappa shape index (κ2) is 13.0. The van der Waals surface area contributed by atoms with Crippen LogP contribution in [0.3, 0.4) is 0 Å². The van der Waals surface area contributed by atoms with Crippen LogP contribution in [-0.2, 0) is 0 Å². The average Bonchev–Trinajstić information content (AvgIpc) is 3.42. The molecular formula is C45H38N2. The molecule has 0 fully saturated rings. The van der Waals surface area contributed by atoms with Gasteiger partial charge in [0, 0.05) is 40.3 Å². The highest BCUT2D eigenvalue weighted by Crippen LogP contribution is 2.37. The zero-order chi connectivity index (χ0) is 31.4. The first-order valence-electron chi connectivity index (χ1n) is 16.7. The van der Waals surface area contributed by atoms with Crippen molar-refractivity contribution in [3.8, 4) is 11.1 Å². The molecule has 228 valence electrons. The quantitative estimate of drug-likeness (QED) is 0.206. The van der Waals surface area contributed by atoms with E-state index in [0.29, 0.717) is 11.8 Å². The Morgan fingerprint density at radius 2 is 1.19 bits per heavy atom. The topological polar surface area (TPSA) is 6.48 Å². The minimum absolute atomic E-state index is 0.121. The van der Waals surface area contributed by atoms with Gasteiger partial charge in [0.25, 0.3) is 0 Å². The normalized spacial score (nSPS) is 19.7. The van der Waals surface area contributed by atoms with Crippen LogP contribution < -0.4 is 9.80 Å². The standard InChI is InChI=1S/C45H38N2/c1-2-5-17-40(16-4-1)46(44-30-24-34-12-8-10-14-38(34)32-44)42-26-20-36(21-27-42)37-22-28-43(29-23-37)47(41-18-6-3-7-19-41)45-31-25-35-13-9-11-15-39(35)33-45/h1-6,8-18,20-34,38,40H,7,19H2. The lowest BCUT2D eigenvalue weighted by Gasteiger charge is -2.34. The number of anilines is 3. The summed E-state index contributed by atoms with van der Waals surface area (Å²) in [6.45, 7) is 0. The van der Waals surface area contributed by atoms with Gasteiger partial charge >= 0.3 is 0 Å². The molecule has 4 aromatic rings. The van der Waals surface area contributed by atoms with Crippen LogP contribution in [-0.4, -0.2) is 6.04 Å². The molecule has 0 aliphatic heterocycles. The number of benzene rings is 4. The first-order chi connectivity index (χ1) is 23.3. The third-order valence-electron chi connectivity index (χ3n) is 9.48. The smallest absolute Gasteiger partial charge is 0.0712 e. The monoisotopic (exact) mass is 606 g/mol. The molecule has 47 heavy (non-hydrogen) atoms. The van der Waals surface area contributed by atoms with E-state index in [-0.39, 0.29) is 6.04 Å². The molecule has 2 nitrogen and oxygen atoms in total. The summed E-state index contributed by atoms with van der Waals surface area (Å²) in [4.78, 5) is 4.86. The highest BCUT2D eigenvalue weighted by molar-refractivity contribution is 5.88. The van der Waals surface area contributed by atoms with Crippen molar-refractivity contribution in [3.63, 3.8) is 0 Å². The van der Waals surface area contributed by atoms with Gasteiger partial charge in [-0.25, -0.2) is 0 Å². The van der Waals surface area contributed by atoms with E-state index in [0.717, 1.165) is 12.8 Å². The molecular weight excluding hydrogens is 569 g/mol. The highest BCUT2D eigenvalue weighted by Gasteiger charge is 2.24. The molecule has 0 saturated carbocycles. The SMILES string of the molecule is C1=CC=CC(N(C2=CC3C=CC=CC3C=C2)c2ccc(-c3ccc(N(C4=CC=CCC4)c4ccc5ccccc5c4)cc3)cc2)C=C1. The fourth-order valence-electron chi connectivity index (χ4n) is 7.03. The van der Waals surface area contributed by atoms with Gasteiger partial charge in [0.15, 0.2) is 0 Å². The summed E-state index contributed by atoms with van der Waals surface area (Å²) in [6, 6.07) is 33.6. The minimum Gasteiger partial charge on any atom is -0.331 e. The van der Waals surface area contributed by atoms with E-state index in [4.69, 9.17) is 0 Å². The van der Waals surface area contributed by atoms with Gasteiger partial charge in [0.2, 0.25) is 0 Å². The molecule has 0 N–H and O–H groups in total. The molecule has 0 heterocycles. The molecule has 0 bridgehead atoms. The summed E-state index contributed by atoms with van der Waals surface area (Å²) in [5.74, 6) is 0.813. The van der Waals surface area contributed by atoms with Crippen LogP contribution in [0.4, 0.5) is 17.1 Å². The van der Waals surface area contributed by atoms with Crippen molar-refractivity contribution in [3.05, 3.63) is 200 Å². The Hall–Kier alpha value is -5.60. The predicted molar refractivity (Wildman–Crippen MR) is 201 cm³/mol. The number of hydrogen-bond donors (Lipinski definition) is 0. The lowest BCUT2D eigenvalue weighted by Crippen LogP contribution is -2.33. The van der Waals surface area contributed by atoms with E-state index in [1.54, 1.807) is 0 Å². The zero-order valence-electron chi connectivity index (χ0n) is 26.4. The summed E-state index contributed by atoms with van der Waals surface area (Å²) < 4.78 is 0. The number of hydrogen-bond acceptors (Lipinski definition) is 2. The van der Waals surface area contributed by atoms with E-state index in [2.05, 4.69) is 198 Å². The van der Waals surface area contributed by atoms with Crippen LogP contribution in [0, 0.1) is 11.8 Å². The zero-order valence-corrected chi connectivity index (χ0v) is 26.4. The Morgan fingerprint density at radius 1 is 0.532 bits per heavy atom. The maximum absolute atomic E-state index is 2.44. The Bertz CT molecular complexity index is 2030. The molecule has 2 heteroatoms. The Balaban J connectivity index is 1.10. The van der Waals surface area contributed by atoms with Crippen molar-refractivity contribution in [1.82, 2.24) is 0 Å². The maximum atomic E-state index is 2.44. The van der Waals surface area contributed by atoms with Crippen LogP contribution >= 0.6 is 0 Å². The van der Waals surface area contributed by atoms with Crippen LogP contribution in [0.5, 0.6) is 0 Å². The van der Waals surface area contributed by atoms with Crippen LogP contribution in [0.1, 0.15) is 12.8 Å².